The molecule has 0 radical (unpaired) electrons. The average molecular weight is 224 g/mol. The fourth-order valence-corrected chi connectivity index (χ4v) is 2.31. The summed E-state index contributed by atoms with van der Waals surface area (Å²) in [6, 6.07) is 3.12. The minimum absolute atomic E-state index is 0.180. The minimum Gasteiger partial charge on any atom is -0.484 e. The number of ether oxygens (including phenoxy) is 2. The summed E-state index contributed by atoms with van der Waals surface area (Å²) in [6.45, 7) is 4.52. The molecule has 1 aliphatic rings. The molecule has 1 atom stereocenters. The highest BCUT2D eigenvalue weighted by molar-refractivity contribution is 5.46. The predicted octanol–water partition coefficient (Wildman–Crippen LogP) is 2.73. The van der Waals surface area contributed by atoms with Gasteiger partial charge in [0, 0.05) is 19.1 Å². The van der Waals surface area contributed by atoms with Gasteiger partial charge in [0.2, 0.25) is 0 Å². The van der Waals surface area contributed by atoms with E-state index in [2.05, 4.69) is 0 Å². The number of halogens is 1. The molecular weight excluding hydrogens is 207 g/mol. The van der Waals surface area contributed by atoms with Crippen LogP contribution in [0.15, 0.2) is 12.1 Å². The second-order valence-corrected chi connectivity index (χ2v) is 4.57. The van der Waals surface area contributed by atoms with Crippen LogP contribution >= 0.6 is 0 Å². The number of aryl methyl sites for hydroxylation is 1. The van der Waals surface area contributed by atoms with Gasteiger partial charge >= 0.3 is 0 Å². The lowest BCUT2D eigenvalue weighted by molar-refractivity contribution is 0.0200. The van der Waals surface area contributed by atoms with E-state index in [9.17, 15) is 4.39 Å². The van der Waals surface area contributed by atoms with E-state index in [1.165, 1.54) is 0 Å². The lowest BCUT2D eigenvalue weighted by Gasteiger charge is -2.23. The normalized spacial score (nSPS) is 23.0. The largest absolute Gasteiger partial charge is 0.484 e. The molecule has 0 saturated heterocycles. The zero-order valence-electron chi connectivity index (χ0n) is 9.97. The first-order chi connectivity index (χ1) is 7.58. The van der Waals surface area contributed by atoms with Crippen LogP contribution < -0.4 is 4.74 Å². The Morgan fingerprint density at radius 1 is 1.50 bits per heavy atom. The Hall–Kier alpha value is -1.09. The van der Waals surface area contributed by atoms with Gasteiger partial charge < -0.3 is 9.47 Å². The van der Waals surface area contributed by atoms with Crippen molar-refractivity contribution in [1.82, 2.24) is 0 Å². The van der Waals surface area contributed by atoms with Crippen LogP contribution in [0.2, 0.25) is 0 Å². The second-order valence-electron chi connectivity index (χ2n) is 4.57. The number of hydrogen-bond donors (Lipinski definition) is 0. The van der Waals surface area contributed by atoms with Gasteiger partial charge in [-0.1, -0.05) is 6.92 Å². The number of benzene rings is 1. The molecule has 0 amide bonds. The molecule has 0 spiro atoms. The molecule has 2 nitrogen and oxygen atoms in total. The van der Waals surface area contributed by atoms with E-state index in [-0.39, 0.29) is 11.4 Å². The summed E-state index contributed by atoms with van der Waals surface area (Å²) in [5.41, 5.74) is 1.54. The molecule has 2 rings (SSSR count). The Bertz CT molecular complexity index is 403. The van der Waals surface area contributed by atoms with Crippen LogP contribution in [0.1, 0.15) is 25.0 Å². The SMILES string of the molecule is CCc1cc(F)cc2c1OC(C)(COC)C2. The molecule has 0 bridgehead atoms. The predicted molar refractivity (Wildman–Crippen MR) is 60.4 cm³/mol. The van der Waals surface area contributed by atoms with E-state index >= 15 is 0 Å². The first-order valence-electron chi connectivity index (χ1n) is 5.57. The van der Waals surface area contributed by atoms with Crippen molar-refractivity contribution >= 4 is 0 Å². The summed E-state index contributed by atoms with van der Waals surface area (Å²) in [6.07, 6.45) is 1.49. The van der Waals surface area contributed by atoms with Gasteiger partial charge in [-0.3, -0.25) is 0 Å². The third kappa shape index (κ3) is 1.92. The molecule has 0 aliphatic carbocycles. The van der Waals surface area contributed by atoms with Crippen LogP contribution in [0.4, 0.5) is 4.39 Å². The van der Waals surface area contributed by atoms with E-state index in [1.54, 1.807) is 19.2 Å². The quantitative estimate of drug-likeness (QED) is 0.786. The Morgan fingerprint density at radius 3 is 2.88 bits per heavy atom. The van der Waals surface area contributed by atoms with Gasteiger partial charge in [-0.15, -0.1) is 0 Å². The van der Waals surface area contributed by atoms with Crippen molar-refractivity contribution in [3.8, 4) is 5.75 Å². The van der Waals surface area contributed by atoms with Gasteiger partial charge in [-0.2, -0.15) is 0 Å². The van der Waals surface area contributed by atoms with Gasteiger partial charge in [0.25, 0.3) is 0 Å². The van der Waals surface area contributed by atoms with Crippen molar-refractivity contribution in [3.05, 3.63) is 29.1 Å². The molecule has 1 unspecified atom stereocenters. The smallest absolute Gasteiger partial charge is 0.134 e. The molecule has 0 fully saturated rings. The van der Waals surface area contributed by atoms with E-state index in [0.29, 0.717) is 13.0 Å². The molecule has 1 heterocycles. The van der Waals surface area contributed by atoms with E-state index in [1.807, 2.05) is 13.8 Å². The van der Waals surface area contributed by atoms with Crippen LogP contribution in [0, 0.1) is 5.82 Å². The zero-order valence-corrected chi connectivity index (χ0v) is 9.97. The molecule has 1 aromatic carbocycles. The van der Waals surface area contributed by atoms with E-state index in [4.69, 9.17) is 9.47 Å². The van der Waals surface area contributed by atoms with Crippen molar-refractivity contribution in [1.29, 1.82) is 0 Å². The van der Waals surface area contributed by atoms with Crippen LogP contribution in [0.5, 0.6) is 5.75 Å². The van der Waals surface area contributed by atoms with Crippen molar-refractivity contribution in [2.24, 2.45) is 0 Å². The van der Waals surface area contributed by atoms with Crippen molar-refractivity contribution in [2.75, 3.05) is 13.7 Å². The van der Waals surface area contributed by atoms with Crippen LogP contribution in [-0.4, -0.2) is 19.3 Å². The number of rotatable bonds is 3. The highest BCUT2D eigenvalue weighted by Gasteiger charge is 2.36. The number of fused-ring (bicyclic) bond motifs is 1. The Morgan fingerprint density at radius 2 is 2.25 bits per heavy atom. The topological polar surface area (TPSA) is 18.5 Å². The van der Waals surface area contributed by atoms with Gasteiger partial charge in [-0.25, -0.2) is 4.39 Å². The van der Waals surface area contributed by atoms with Crippen molar-refractivity contribution in [3.63, 3.8) is 0 Å². The summed E-state index contributed by atoms with van der Waals surface area (Å²) >= 11 is 0. The summed E-state index contributed by atoms with van der Waals surface area (Å²) < 4.78 is 24.4. The van der Waals surface area contributed by atoms with Gasteiger partial charge in [-0.05, 0) is 31.0 Å². The average Bonchev–Trinajstić information content (AvgIpc) is 2.53. The highest BCUT2D eigenvalue weighted by atomic mass is 19.1. The van der Waals surface area contributed by atoms with E-state index < -0.39 is 0 Å². The monoisotopic (exact) mass is 224 g/mol. The molecule has 16 heavy (non-hydrogen) atoms. The summed E-state index contributed by atoms with van der Waals surface area (Å²) in [5.74, 6) is 0.671. The van der Waals surface area contributed by atoms with Crippen LogP contribution in [0.3, 0.4) is 0 Å². The van der Waals surface area contributed by atoms with Gasteiger partial charge in [0.15, 0.2) is 0 Å². The molecule has 3 heteroatoms. The Balaban J connectivity index is 2.36. The second kappa shape index (κ2) is 4.06. The first kappa shape index (κ1) is 11.4. The summed E-state index contributed by atoms with van der Waals surface area (Å²) in [4.78, 5) is 0. The van der Waals surface area contributed by atoms with Crippen LogP contribution in [-0.2, 0) is 17.6 Å². The fraction of sp³-hybridized carbons (Fsp3) is 0.538. The van der Waals surface area contributed by atoms with Crippen molar-refractivity contribution in [2.45, 2.75) is 32.3 Å². The maximum absolute atomic E-state index is 13.4. The zero-order chi connectivity index (χ0) is 11.8. The number of hydrogen-bond acceptors (Lipinski definition) is 2. The standard InChI is InChI=1S/C13H17FO2/c1-4-9-5-11(14)6-10-7-13(2,8-15-3)16-12(9)10/h5-6H,4,7-8H2,1-3H3. The fourth-order valence-electron chi connectivity index (χ4n) is 2.31. The van der Waals surface area contributed by atoms with Gasteiger partial charge in [0.1, 0.15) is 17.2 Å². The molecular formula is C13H17FO2. The van der Waals surface area contributed by atoms with Crippen molar-refractivity contribution < 1.29 is 13.9 Å². The third-order valence-electron chi connectivity index (χ3n) is 2.95. The van der Waals surface area contributed by atoms with E-state index in [0.717, 1.165) is 23.3 Å². The summed E-state index contributed by atoms with van der Waals surface area (Å²) in [7, 11) is 1.65. The maximum Gasteiger partial charge on any atom is 0.134 e. The minimum atomic E-state index is -0.352. The molecule has 0 aromatic heterocycles. The number of methoxy groups -OCH3 is 1. The molecule has 88 valence electrons. The Kier molecular flexibility index (Phi) is 2.89. The maximum atomic E-state index is 13.4. The lowest BCUT2D eigenvalue weighted by Crippen LogP contribution is -2.35. The third-order valence-corrected chi connectivity index (χ3v) is 2.95. The Labute approximate surface area is 95.4 Å². The molecule has 1 aromatic rings. The molecule has 0 N–H and O–H groups in total. The van der Waals surface area contributed by atoms with Crippen LogP contribution in [0.25, 0.3) is 0 Å². The summed E-state index contributed by atoms with van der Waals surface area (Å²) in [5, 5.41) is 0. The molecule has 1 aliphatic heterocycles. The van der Waals surface area contributed by atoms with Gasteiger partial charge in [0.05, 0.1) is 6.61 Å². The highest BCUT2D eigenvalue weighted by Crippen LogP contribution is 2.38. The lowest BCUT2D eigenvalue weighted by atomic mass is 9.98. The first-order valence-corrected chi connectivity index (χ1v) is 5.57. The molecule has 0 saturated carbocycles.